The van der Waals surface area contributed by atoms with Gasteiger partial charge < -0.3 is 9.47 Å². The molecular weight excluding hydrogens is 350 g/mol. The first-order valence-electron chi connectivity index (χ1n) is 8.06. The quantitative estimate of drug-likeness (QED) is 0.765. The Morgan fingerprint density at radius 3 is 2.04 bits per heavy atom. The smallest absolute Gasteiger partial charge is 0.238 e. The Kier molecular flexibility index (Phi) is 3.94. The molecule has 0 aromatic heterocycles. The van der Waals surface area contributed by atoms with Crippen LogP contribution in [0, 0.1) is 6.92 Å². The number of fused-ring (bicyclic) bond motifs is 1. The minimum atomic E-state index is -3.72. The lowest BCUT2D eigenvalue weighted by atomic mass is 9.93. The van der Waals surface area contributed by atoms with E-state index in [1.807, 2.05) is 37.3 Å². The lowest BCUT2D eigenvalue weighted by Gasteiger charge is -2.13. The molecule has 3 aromatic carbocycles. The molecule has 6 heteroatoms. The Hall–Kier alpha value is -2.83. The van der Waals surface area contributed by atoms with Gasteiger partial charge in [-0.05, 0) is 53.4 Å². The molecule has 0 radical (unpaired) electrons. The van der Waals surface area contributed by atoms with Gasteiger partial charge in [-0.3, -0.25) is 0 Å². The van der Waals surface area contributed by atoms with Crippen molar-refractivity contribution in [2.45, 2.75) is 11.8 Å². The third kappa shape index (κ3) is 3.05. The SMILES string of the molecule is Cc1cccc(-c2cc3c(cc2-c2ccc(S(N)(=O)=O)cc2)OCO3)c1. The highest BCUT2D eigenvalue weighted by molar-refractivity contribution is 7.89. The maximum Gasteiger partial charge on any atom is 0.238 e. The van der Waals surface area contributed by atoms with Gasteiger partial charge >= 0.3 is 0 Å². The van der Waals surface area contributed by atoms with E-state index in [-0.39, 0.29) is 11.7 Å². The summed E-state index contributed by atoms with van der Waals surface area (Å²) in [4.78, 5) is 0.0825. The summed E-state index contributed by atoms with van der Waals surface area (Å²) in [6.45, 7) is 2.23. The fraction of sp³-hybridized carbons (Fsp3) is 0.100. The van der Waals surface area contributed by atoms with E-state index in [4.69, 9.17) is 14.6 Å². The van der Waals surface area contributed by atoms with Crippen molar-refractivity contribution in [2.24, 2.45) is 5.14 Å². The fourth-order valence-electron chi connectivity index (χ4n) is 3.06. The first-order chi connectivity index (χ1) is 12.4. The molecule has 5 nitrogen and oxygen atoms in total. The highest BCUT2D eigenvalue weighted by Crippen LogP contribution is 2.43. The van der Waals surface area contributed by atoms with Crippen LogP contribution in [0.15, 0.2) is 65.6 Å². The molecule has 4 rings (SSSR count). The number of primary sulfonamides is 1. The van der Waals surface area contributed by atoms with E-state index in [2.05, 4.69) is 6.07 Å². The van der Waals surface area contributed by atoms with E-state index in [0.29, 0.717) is 11.5 Å². The van der Waals surface area contributed by atoms with E-state index in [9.17, 15) is 8.42 Å². The average molecular weight is 367 g/mol. The normalized spacial score (nSPS) is 13.0. The molecule has 2 N–H and O–H groups in total. The Bertz CT molecular complexity index is 1090. The zero-order valence-corrected chi connectivity index (χ0v) is 14.9. The van der Waals surface area contributed by atoms with Crippen LogP contribution in [0.4, 0.5) is 0 Å². The molecule has 0 fully saturated rings. The highest BCUT2D eigenvalue weighted by Gasteiger charge is 2.19. The van der Waals surface area contributed by atoms with Crippen molar-refractivity contribution in [3.8, 4) is 33.8 Å². The standard InChI is InChI=1S/C20H17NO4S/c1-13-3-2-4-15(9-13)18-11-20-19(24-12-25-20)10-17(18)14-5-7-16(8-6-14)26(21,22)23/h2-11H,12H2,1H3,(H2,21,22,23). The van der Waals surface area contributed by atoms with Crippen molar-refractivity contribution in [3.63, 3.8) is 0 Å². The van der Waals surface area contributed by atoms with Gasteiger partial charge in [-0.2, -0.15) is 0 Å². The molecule has 0 atom stereocenters. The van der Waals surface area contributed by atoms with Crippen LogP contribution in [0.1, 0.15) is 5.56 Å². The third-order valence-electron chi connectivity index (χ3n) is 4.34. The van der Waals surface area contributed by atoms with Crippen molar-refractivity contribution in [1.29, 1.82) is 0 Å². The number of benzene rings is 3. The molecule has 0 saturated carbocycles. The van der Waals surface area contributed by atoms with Crippen LogP contribution < -0.4 is 14.6 Å². The minimum absolute atomic E-state index is 0.0825. The summed E-state index contributed by atoms with van der Waals surface area (Å²) < 4.78 is 34.0. The van der Waals surface area contributed by atoms with Crippen LogP contribution in [0.2, 0.25) is 0 Å². The Morgan fingerprint density at radius 2 is 1.46 bits per heavy atom. The lowest BCUT2D eigenvalue weighted by molar-refractivity contribution is 0.174. The first kappa shape index (κ1) is 16.6. The van der Waals surface area contributed by atoms with Gasteiger partial charge in [0.1, 0.15) is 0 Å². The largest absolute Gasteiger partial charge is 0.454 e. The van der Waals surface area contributed by atoms with Gasteiger partial charge in [0.05, 0.1) is 4.90 Å². The molecule has 0 amide bonds. The third-order valence-corrected chi connectivity index (χ3v) is 5.26. The van der Waals surface area contributed by atoms with Gasteiger partial charge in [-0.25, -0.2) is 13.6 Å². The lowest BCUT2D eigenvalue weighted by Crippen LogP contribution is -2.11. The van der Waals surface area contributed by atoms with Crippen molar-refractivity contribution >= 4 is 10.0 Å². The maximum absolute atomic E-state index is 11.5. The Labute approximate surface area is 152 Å². The second-order valence-electron chi connectivity index (χ2n) is 6.19. The molecule has 1 aliphatic rings. The molecule has 0 bridgehead atoms. The summed E-state index contributed by atoms with van der Waals surface area (Å²) >= 11 is 0. The van der Waals surface area contributed by atoms with Crippen molar-refractivity contribution in [3.05, 3.63) is 66.2 Å². The molecule has 0 saturated heterocycles. The van der Waals surface area contributed by atoms with Crippen molar-refractivity contribution in [1.82, 2.24) is 0 Å². The van der Waals surface area contributed by atoms with Gasteiger partial charge in [0.2, 0.25) is 16.8 Å². The van der Waals surface area contributed by atoms with Gasteiger partial charge in [0.15, 0.2) is 11.5 Å². The number of rotatable bonds is 3. The van der Waals surface area contributed by atoms with Crippen LogP contribution in [-0.4, -0.2) is 15.2 Å². The molecule has 0 aliphatic carbocycles. The summed E-state index contributed by atoms with van der Waals surface area (Å²) in [6, 6.07) is 18.6. The molecule has 1 heterocycles. The van der Waals surface area contributed by atoms with Crippen LogP contribution in [0.5, 0.6) is 11.5 Å². The molecular formula is C20H17NO4S. The van der Waals surface area contributed by atoms with E-state index < -0.39 is 10.0 Å². The van der Waals surface area contributed by atoms with Gasteiger partial charge in [0, 0.05) is 0 Å². The number of nitrogens with two attached hydrogens (primary N) is 1. The van der Waals surface area contributed by atoms with Gasteiger partial charge in [-0.1, -0.05) is 42.0 Å². The topological polar surface area (TPSA) is 78.6 Å². The van der Waals surface area contributed by atoms with Crippen LogP contribution >= 0.6 is 0 Å². The molecule has 1 aliphatic heterocycles. The Balaban J connectivity index is 1.90. The van der Waals surface area contributed by atoms with Gasteiger partial charge in [-0.15, -0.1) is 0 Å². The van der Waals surface area contributed by atoms with Crippen molar-refractivity contribution < 1.29 is 17.9 Å². The predicted octanol–water partition coefficient (Wildman–Crippen LogP) is 3.71. The first-order valence-corrected chi connectivity index (χ1v) is 9.60. The molecule has 26 heavy (non-hydrogen) atoms. The maximum atomic E-state index is 11.5. The number of hydrogen-bond acceptors (Lipinski definition) is 4. The minimum Gasteiger partial charge on any atom is -0.454 e. The second-order valence-corrected chi connectivity index (χ2v) is 7.75. The molecule has 132 valence electrons. The van der Waals surface area contributed by atoms with E-state index >= 15 is 0 Å². The number of hydrogen-bond donors (Lipinski definition) is 1. The highest BCUT2D eigenvalue weighted by atomic mass is 32.2. The number of ether oxygens (including phenoxy) is 2. The molecule has 3 aromatic rings. The van der Waals surface area contributed by atoms with Crippen LogP contribution in [0.25, 0.3) is 22.3 Å². The summed E-state index contributed by atoms with van der Waals surface area (Å²) in [5, 5.41) is 5.19. The fourth-order valence-corrected chi connectivity index (χ4v) is 3.57. The summed E-state index contributed by atoms with van der Waals surface area (Å²) in [7, 11) is -3.72. The van der Waals surface area contributed by atoms with E-state index in [0.717, 1.165) is 27.8 Å². The van der Waals surface area contributed by atoms with Crippen molar-refractivity contribution in [2.75, 3.05) is 6.79 Å². The average Bonchev–Trinajstić information content (AvgIpc) is 3.07. The van der Waals surface area contributed by atoms with Crippen LogP contribution in [0.3, 0.4) is 0 Å². The molecule has 0 unspecified atom stereocenters. The second kappa shape index (κ2) is 6.16. The van der Waals surface area contributed by atoms with Gasteiger partial charge in [0.25, 0.3) is 0 Å². The predicted molar refractivity (Wildman–Crippen MR) is 99.5 cm³/mol. The van der Waals surface area contributed by atoms with E-state index in [1.54, 1.807) is 12.1 Å². The monoisotopic (exact) mass is 367 g/mol. The zero-order valence-electron chi connectivity index (χ0n) is 14.1. The summed E-state index contributed by atoms with van der Waals surface area (Å²) in [5.74, 6) is 1.37. The number of aryl methyl sites for hydroxylation is 1. The Morgan fingerprint density at radius 1 is 0.846 bits per heavy atom. The van der Waals surface area contributed by atoms with Crippen LogP contribution in [-0.2, 0) is 10.0 Å². The summed E-state index contributed by atoms with van der Waals surface area (Å²) in [5.41, 5.74) is 4.99. The van der Waals surface area contributed by atoms with E-state index in [1.165, 1.54) is 12.1 Å². The zero-order chi connectivity index (χ0) is 18.3. The molecule has 0 spiro atoms. The summed E-state index contributed by atoms with van der Waals surface area (Å²) in [6.07, 6.45) is 0. The number of sulfonamides is 1.